The first-order chi connectivity index (χ1) is 10.4. The zero-order valence-corrected chi connectivity index (χ0v) is 13.2. The largest absolute Gasteiger partial charge is 0.370 e. The van der Waals surface area contributed by atoms with Crippen LogP contribution in [0.4, 0.5) is 5.69 Å². The predicted molar refractivity (Wildman–Crippen MR) is 87.7 cm³/mol. The lowest BCUT2D eigenvalue weighted by atomic mass is 9.99. The second-order valence-corrected chi connectivity index (χ2v) is 6.35. The third-order valence-corrected chi connectivity index (χ3v) is 4.97. The van der Waals surface area contributed by atoms with Gasteiger partial charge in [-0.15, -0.1) is 0 Å². The lowest BCUT2D eigenvalue weighted by Crippen LogP contribution is -2.47. The Morgan fingerprint density at radius 3 is 2.62 bits per heavy atom. The zero-order chi connectivity index (χ0) is 14.5. The SMILES string of the molecule is CNCc1ccncc1N1CCC(N2CCCCC2)CC1. The molecule has 1 N–H and O–H groups in total. The van der Waals surface area contributed by atoms with Gasteiger partial charge in [-0.3, -0.25) is 4.98 Å². The quantitative estimate of drug-likeness (QED) is 0.921. The van der Waals surface area contributed by atoms with Crippen LogP contribution in [0.1, 0.15) is 37.7 Å². The average Bonchev–Trinajstić information content (AvgIpc) is 2.57. The highest BCUT2D eigenvalue weighted by molar-refractivity contribution is 5.52. The monoisotopic (exact) mass is 288 g/mol. The minimum atomic E-state index is 0.811. The summed E-state index contributed by atoms with van der Waals surface area (Å²) >= 11 is 0. The summed E-state index contributed by atoms with van der Waals surface area (Å²) in [6, 6.07) is 2.95. The molecular formula is C17H28N4. The van der Waals surface area contributed by atoms with Crippen LogP contribution >= 0.6 is 0 Å². The van der Waals surface area contributed by atoms with Crippen molar-refractivity contribution < 1.29 is 0 Å². The van der Waals surface area contributed by atoms with Gasteiger partial charge in [0, 0.05) is 31.9 Å². The number of hydrogen-bond donors (Lipinski definition) is 1. The summed E-state index contributed by atoms with van der Waals surface area (Å²) in [6.07, 6.45) is 10.8. The summed E-state index contributed by atoms with van der Waals surface area (Å²) in [6.45, 7) is 5.90. The molecule has 2 aliphatic rings. The van der Waals surface area contributed by atoms with Crippen molar-refractivity contribution >= 4 is 5.69 Å². The molecule has 1 aromatic rings. The van der Waals surface area contributed by atoms with Gasteiger partial charge >= 0.3 is 0 Å². The number of piperidine rings is 2. The van der Waals surface area contributed by atoms with E-state index in [-0.39, 0.29) is 0 Å². The molecule has 4 nitrogen and oxygen atoms in total. The smallest absolute Gasteiger partial charge is 0.0598 e. The predicted octanol–water partition coefficient (Wildman–Crippen LogP) is 2.26. The molecule has 0 aromatic carbocycles. The lowest BCUT2D eigenvalue weighted by molar-refractivity contribution is 0.141. The van der Waals surface area contributed by atoms with Crippen molar-refractivity contribution in [2.75, 3.05) is 38.1 Å². The third kappa shape index (κ3) is 3.55. The maximum absolute atomic E-state index is 4.33. The molecular weight excluding hydrogens is 260 g/mol. The molecule has 3 rings (SSSR count). The highest BCUT2D eigenvalue weighted by atomic mass is 15.2. The van der Waals surface area contributed by atoms with Crippen LogP contribution in [0.2, 0.25) is 0 Å². The Labute approximate surface area is 128 Å². The van der Waals surface area contributed by atoms with Gasteiger partial charge in [0.15, 0.2) is 0 Å². The lowest BCUT2D eigenvalue weighted by Gasteiger charge is -2.41. The molecule has 0 unspecified atom stereocenters. The van der Waals surface area contributed by atoms with E-state index in [4.69, 9.17) is 0 Å². The maximum atomic E-state index is 4.33. The Hall–Kier alpha value is -1.13. The Bertz CT molecular complexity index is 434. The van der Waals surface area contributed by atoms with E-state index in [2.05, 4.69) is 26.2 Å². The second kappa shape index (κ2) is 7.23. The first-order valence-electron chi connectivity index (χ1n) is 8.45. The molecule has 0 radical (unpaired) electrons. The van der Waals surface area contributed by atoms with Crippen molar-refractivity contribution in [2.24, 2.45) is 0 Å². The molecule has 116 valence electrons. The van der Waals surface area contributed by atoms with Gasteiger partial charge < -0.3 is 15.1 Å². The number of nitrogens with one attached hydrogen (secondary N) is 1. The van der Waals surface area contributed by atoms with Gasteiger partial charge in [-0.05, 0) is 57.5 Å². The number of likely N-dealkylation sites (tertiary alicyclic amines) is 1. The molecule has 0 bridgehead atoms. The summed E-state index contributed by atoms with van der Waals surface area (Å²) < 4.78 is 0. The van der Waals surface area contributed by atoms with E-state index in [1.807, 2.05) is 19.4 Å². The first-order valence-corrected chi connectivity index (χ1v) is 8.45. The van der Waals surface area contributed by atoms with Crippen molar-refractivity contribution in [3.8, 4) is 0 Å². The molecule has 2 aliphatic heterocycles. The standard InChI is InChI=1S/C17H28N4/c1-18-13-15-5-8-19-14-17(15)21-11-6-16(7-12-21)20-9-3-2-4-10-20/h5,8,14,16,18H,2-4,6-7,9-13H2,1H3. The minimum absolute atomic E-state index is 0.811. The van der Waals surface area contributed by atoms with Gasteiger partial charge in [-0.1, -0.05) is 6.42 Å². The molecule has 4 heteroatoms. The van der Waals surface area contributed by atoms with Crippen LogP contribution in [-0.4, -0.2) is 49.2 Å². The molecule has 1 aromatic heterocycles. The van der Waals surface area contributed by atoms with Crippen LogP contribution in [0, 0.1) is 0 Å². The Morgan fingerprint density at radius 2 is 1.90 bits per heavy atom. The summed E-state index contributed by atoms with van der Waals surface area (Å²) in [5.41, 5.74) is 2.69. The number of pyridine rings is 1. The number of anilines is 1. The van der Waals surface area contributed by atoms with Crippen LogP contribution < -0.4 is 10.2 Å². The molecule has 0 amide bonds. The molecule has 3 heterocycles. The normalized spacial score (nSPS) is 21.7. The van der Waals surface area contributed by atoms with Gasteiger partial charge in [-0.25, -0.2) is 0 Å². The maximum Gasteiger partial charge on any atom is 0.0598 e. The molecule has 21 heavy (non-hydrogen) atoms. The highest BCUT2D eigenvalue weighted by Gasteiger charge is 2.26. The summed E-state index contributed by atoms with van der Waals surface area (Å²) in [7, 11) is 2.01. The van der Waals surface area contributed by atoms with Crippen molar-refractivity contribution in [3.63, 3.8) is 0 Å². The van der Waals surface area contributed by atoms with E-state index in [0.29, 0.717) is 0 Å². The van der Waals surface area contributed by atoms with E-state index in [1.165, 1.54) is 69.5 Å². The first kappa shape index (κ1) is 14.8. The van der Waals surface area contributed by atoms with Gasteiger partial charge in [0.25, 0.3) is 0 Å². The molecule has 2 saturated heterocycles. The van der Waals surface area contributed by atoms with E-state index in [0.717, 1.165) is 12.6 Å². The summed E-state index contributed by atoms with van der Waals surface area (Å²) in [5, 5.41) is 3.26. The fraction of sp³-hybridized carbons (Fsp3) is 0.706. The fourth-order valence-corrected chi connectivity index (χ4v) is 3.80. The van der Waals surface area contributed by atoms with Crippen LogP contribution in [-0.2, 0) is 6.54 Å². The fourth-order valence-electron chi connectivity index (χ4n) is 3.80. The van der Waals surface area contributed by atoms with Gasteiger partial charge in [0.2, 0.25) is 0 Å². The molecule has 0 aliphatic carbocycles. The van der Waals surface area contributed by atoms with Crippen LogP contribution in [0.25, 0.3) is 0 Å². The molecule has 2 fully saturated rings. The Balaban J connectivity index is 1.60. The third-order valence-electron chi connectivity index (χ3n) is 4.97. The van der Waals surface area contributed by atoms with Crippen molar-refractivity contribution in [1.82, 2.24) is 15.2 Å². The Kier molecular flexibility index (Phi) is 5.09. The van der Waals surface area contributed by atoms with Crippen molar-refractivity contribution in [3.05, 3.63) is 24.0 Å². The van der Waals surface area contributed by atoms with Crippen molar-refractivity contribution in [1.29, 1.82) is 0 Å². The Morgan fingerprint density at radius 1 is 1.14 bits per heavy atom. The van der Waals surface area contributed by atoms with Crippen LogP contribution in [0.5, 0.6) is 0 Å². The molecule has 0 spiro atoms. The summed E-state index contributed by atoms with van der Waals surface area (Å²) in [5.74, 6) is 0. The van der Waals surface area contributed by atoms with Crippen LogP contribution in [0.15, 0.2) is 18.5 Å². The second-order valence-electron chi connectivity index (χ2n) is 6.35. The number of rotatable bonds is 4. The van der Waals surface area contributed by atoms with Crippen LogP contribution in [0.3, 0.4) is 0 Å². The van der Waals surface area contributed by atoms with Gasteiger partial charge in [-0.2, -0.15) is 0 Å². The molecule has 0 saturated carbocycles. The topological polar surface area (TPSA) is 31.4 Å². The van der Waals surface area contributed by atoms with E-state index in [1.54, 1.807) is 0 Å². The minimum Gasteiger partial charge on any atom is -0.370 e. The van der Waals surface area contributed by atoms with E-state index in [9.17, 15) is 0 Å². The zero-order valence-electron chi connectivity index (χ0n) is 13.2. The number of aromatic nitrogens is 1. The average molecular weight is 288 g/mol. The highest BCUT2D eigenvalue weighted by Crippen LogP contribution is 2.26. The van der Waals surface area contributed by atoms with E-state index < -0.39 is 0 Å². The number of hydrogen-bond acceptors (Lipinski definition) is 4. The molecule has 0 atom stereocenters. The van der Waals surface area contributed by atoms with Gasteiger partial charge in [0.1, 0.15) is 0 Å². The summed E-state index contributed by atoms with van der Waals surface area (Å²) in [4.78, 5) is 9.59. The number of nitrogens with zero attached hydrogens (tertiary/aromatic N) is 3. The van der Waals surface area contributed by atoms with E-state index >= 15 is 0 Å². The van der Waals surface area contributed by atoms with Crippen molar-refractivity contribution in [2.45, 2.75) is 44.7 Å². The van der Waals surface area contributed by atoms with Gasteiger partial charge in [0.05, 0.1) is 11.9 Å².